The molecule has 2 aromatic rings. The highest BCUT2D eigenvalue weighted by molar-refractivity contribution is 6.33. The van der Waals surface area contributed by atoms with Crippen LogP contribution in [0.2, 0.25) is 5.02 Å². The molecular weight excluding hydrogens is 248 g/mol. The van der Waals surface area contributed by atoms with Crippen molar-refractivity contribution in [3.05, 3.63) is 52.8 Å². The number of nitriles is 2. The molecule has 0 spiro atoms. The third kappa shape index (κ3) is 2.57. The molecule has 2 rings (SSSR count). The molecule has 0 aliphatic rings. The van der Waals surface area contributed by atoms with E-state index in [1.807, 2.05) is 12.1 Å². The van der Waals surface area contributed by atoms with Crippen LogP contribution in [0, 0.1) is 22.7 Å². The molecule has 1 heterocycles. The fraction of sp³-hybridized carbons (Fsp3) is 0. The quantitative estimate of drug-likeness (QED) is 0.893. The lowest BCUT2D eigenvalue weighted by atomic mass is 10.2. The van der Waals surface area contributed by atoms with Crippen LogP contribution in [-0.4, -0.2) is 4.98 Å². The first-order chi connectivity index (χ1) is 8.72. The summed E-state index contributed by atoms with van der Waals surface area (Å²) >= 11 is 6.02. The van der Waals surface area contributed by atoms with Crippen LogP contribution in [0.4, 0.5) is 11.4 Å². The van der Waals surface area contributed by atoms with E-state index in [1.165, 1.54) is 6.20 Å². The van der Waals surface area contributed by atoms with Gasteiger partial charge in [0.1, 0.15) is 11.8 Å². The molecule has 0 atom stereocenters. The van der Waals surface area contributed by atoms with Gasteiger partial charge in [-0.25, -0.2) is 4.98 Å². The van der Waals surface area contributed by atoms with Gasteiger partial charge in [-0.2, -0.15) is 10.5 Å². The number of benzene rings is 1. The van der Waals surface area contributed by atoms with Crippen molar-refractivity contribution in [2.45, 2.75) is 0 Å². The molecule has 18 heavy (non-hydrogen) atoms. The number of halogens is 1. The zero-order valence-electron chi connectivity index (χ0n) is 9.18. The van der Waals surface area contributed by atoms with Crippen molar-refractivity contribution in [2.24, 2.45) is 0 Å². The Balaban J connectivity index is 2.28. The van der Waals surface area contributed by atoms with E-state index in [0.717, 1.165) is 0 Å². The maximum Gasteiger partial charge on any atom is 0.140 e. The lowest BCUT2D eigenvalue weighted by molar-refractivity contribution is 1.26. The van der Waals surface area contributed by atoms with Gasteiger partial charge in [0.15, 0.2) is 0 Å². The number of anilines is 2. The fourth-order valence-electron chi connectivity index (χ4n) is 1.38. The minimum Gasteiger partial charge on any atom is -0.353 e. The van der Waals surface area contributed by atoms with Crippen molar-refractivity contribution in [3.63, 3.8) is 0 Å². The van der Waals surface area contributed by atoms with Crippen LogP contribution < -0.4 is 5.32 Å². The molecule has 0 radical (unpaired) electrons. The second-order valence-corrected chi connectivity index (χ2v) is 3.88. The molecule has 0 amide bonds. The van der Waals surface area contributed by atoms with Gasteiger partial charge in [0.05, 0.1) is 34.2 Å². The Kier molecular flexibility index (Phi) is 3.43. The maximum atomic E-state index is 8.82. The average molecular weight is 255 g/mol. The normalized spacial score (nSPS) is 9.28. The van der Waals surface area contributed by atoms with E-state index in [-0.39, 0.29) is 0 Å². The van der Waals surface area contributed by atoms with E-state index >= 15 is 0 Å². The summed E-state index contributed by atoms with van der Waals surface area (Å²) in [6.45, 7) is 0. The predicted molar refractivity (Wildman–Crippen MR) is 68.4 cm³/mol. The van der Waals surface area contributed by atoms with E-state index in [2.05, 4.69) is 10.3 Å². The van der Waals surface area contributed by atoms with Crippen LogP contribution >= 0.6 is 11.6 Å². The summed E-state index contributed by atoms with van der Waals surface area (Å²) in [6.07, 6.45) is 1.54. The molecule has 1 aromatic heterocycles. The standard InChI is InChI=1S/C13H7ClN4/c14-12-4-1-9(6-15)5-13(12)18-11-3-2-10(7-16)17-8-11/h1-5,8,18H. The van der Waals surface area contributed by atoms with Gasteiger partial charge in [-0.15, -0.1) is 0 Å². The minimum atomic E-state index is 0.345. The summed E-state index contributed by atoms with van der Waals surface area (Å²) < 4.78 is 0. The number of nitrogens with zero attached hydrogens (tertiary/aromatic N) is 3. The van der Waals surface area contributed by atoms with Gasteiger partial charge in [-0.05, 0) is 30.3 Å². The molecule has 0 bridgehead atoms. The number of nitrogens with one attached hydrogen (secondary N) is 1. The number of rotatable bonds is 2. The Hall–Kier alpha value is -2.56. The van der Waals surface area contributed by atoms with Gasteiger partial charge in [0, 0.05) is 0 Å². The van der Waals surface area contributed by atoms with Crippen LogP contribution in [-0.2, 0) is 0 Å². The molecule has 1 aromatic carbocycles. The monoisotopic (exact) mass is 254 g/mol. The van der Waals surface area contributed by atoms with E-state index in [0.29, 0.717) is 27.7 Å². The highest BCUT2D eigenvalue weighted by Gasteiger charge is 2.03. The molecule has 0 saturated carbocycles. The number of hydrogen-bond donors (Lipinski definition) is 1. The van der Waals surface area contributed by atoms with E-state index in [1.54, 1.807) is 30.3 Å². The molecular formula is C13H7ClN4. The first-order valence-electron chi connectivity index (χ1n) is 5.06. The first kappa shape index (κ1) is 11.9. The average Bonchev–Trinajstić information content (AvgIpc) is 2.42. The van der Waals surface area contributed by atoms with E-state index in [9.17, 15) is 0 Å². The lowest BCUT2D eigenvalue weighted by Crippen LogP contribution is -1.93. The van der Waals surface area contributed by atoms with Crippen LogP contribution in [0.15, 0.2) is 36.5 Å². The Morgan fingerprint density at radius 1 is 1.11 bits per heavy atom. The van der Waals surface area contributed by atoms with Crippen molar-refractivity contribution < 1.29 is 0 Å². The summed E-state index contributed by atoms with van der Waals surface area (Å²) in [5, 5.41) is 21.0. The van der Waals surface area contributed by atoms with Gasteiger partial charge in [0.25, 0.3) is 0 Å². The Bertz CT molecular complexity index is 650. The summed E-state index contributed by atoms with van der Waals surface area (Å²) in [5.41, 5.74) is 2.19. The number of aromatic nitrogens is 1. The SMILES string of the molecule is N#Cc1ccc(Cl)c(Nc2ccc(C#N)nc2)c1. The summed E-state index contributed by atoms with van der Waals surface area (Å²) in [6, 6.07) is 12.3. The molecule has 4 nitrogen and oxygen atoms in total. The van der Waals surface area contributed by atoms with Gasteiger partial charge in [0.2, 0.25) is 0 Å². The minimum absolute atomic E-state index is 0.345. The van der Waals surface area contributed by atoms with E-state index in [4.69, 9.17) is 22.1 Å². The van der Waals surface area contributed by atoms with Gasteiger partial charge in [-0.3, -0.25) is 0 Å². The van der Waals surface area contributed by atoms with Crippen molar-refractivity contribution >= 4 is 23.0 Å². The van der Waals surface area contributed by atoms with Gasteiger partial charge >= 0.3 is 0 Å². The molecule has 0 aliphatic heterocycles. The first-order valence-corrected chi connectivity index (χ1v) is 5.43. The maximum absolute atomic E-state index is 8.82. The smallest absolute Gasteiger partial charge is 0.140 e. The topological polar surface area (TPSA) is 72.5 Å². The Morgan fingerprint density at radius 2 is 1.94 bits per heavy atom. The van der Waals surface area contributed by atoms with Crippen molar-refractivity contribution in [3.8, 4) is 12.1 Å². The second-order valence-electron chi connectivity index (χ2n) is 3.48. The summed E-state index contributed by atoms with van der Waals surface area (Å²) in [5.74, 6) is 0. The zero-order valence-corrected chi connectivity index (χ0v) is 9.94. The molecule has 0 saturated heterocycles. The van der Waals surface area contributed by atoms with Crippen molar-refractivity contribution in [1.82, 2.24) is 4.98 Å². The number of pyridine rings is 1. The van der Waals surface area contributed by atoms with Gasteiger partial charge < -0.3 is 5.32 Å². The van der Waals surface area contributed by atoms with Crippen LogP contribution in [0.25, 0.3) is 0 Å². The second kappa shape index (κ2) is 5.18. The summed E-state index contributed by atoms with van der Waals surface area (Å²) in [4.78, 5) is 3.93. The van der Waals surface area contributed by atoms with Crippen molar-refractivity contribution in [2.75, 3.05) is 5.32 Å². The largest absolute Gasteiger partial charge is 0.353 e. The Morgan fingerprint density at radius 3 is 2.56 bits per heavy atom. The highest BCUT2D eigenvalue weighted by Crippen LogP contribution is 2.26. The fourth-order valence-corrected chi connectivity index (χ4v) is 1.54. The molecule has 86 valence electrons. The molecule has 0 aliphatic carbocycles. The van der Waals surface area contributed by atoms with Crippen molar-refractivity contribution in [1.29, 1.82) is 10.5 Å². The molecule has 1 N–H and O–H groups in total. The highest BCUT2D eigenvalue weighted by atomic mass is 35.5. The Labute approximate surface area is 109 Å². The zero-order chi connectivity index (χ0) is 13.0. The van der Waals surface area contributed by atoms with E-state index < -0.39 is 0 Å². The lowest BCUT2D eigenvalue weighted by Gasteiger charge is -2.08. The molecule has 5 heteroatoms. The predicted octanol–water partition coefficient (Wildman–Crippen LogP) is 3.22. The third-order valence-electron chi connectivity index (χ3n) is 2.25. The third-order valence-corrected chi connectivity index (χ3v) is 2.58. The molecule has 0 unspecified atom stereocenters. The molecule has 0 fully saturated rings. The number of hydrogen-bond acceptors (Lipinski definition) is 4. The van der Waals surface area contributed by atoms with Crippen LogP contribution in [0.3, 0.4) is 0 Å². The van der Waals surface area contributed by atoms with Crippen LogP contribution in [0.5, 0.6) is 0 Å². The summed E-state index contributed by atoms with van der Waals surface area (Å²) in [7, 11) is 0. The van der Waals surface area contributed by atoms with Gasteiger partial charge in [-0.1, -0.05) is 11.6 Å². The van der Waals surface area contributed by atoms with Crippen LogP contribution in [0.1, 0.15) is 11.3 Å².